The van der Waals surface area contributed by atoms with Crippen LogP contribution in [-0.4, -0.2) is 41.6 Å². The molecule has 0 radical (unpaired) electrons. The number of carbonyl (C=O) groups excluding carboxylic acids is 1. The van der Waals surface area contributed by atoms with Gasteiger partial charge in [-0.05, 0) is 79.3 Å². The Labute approximate surface area is 253 Å². The van der Waals surface area contributed by atoms with E-state index in [9.17, 15) is 14.4 Å². The van der Waals surface area contributed by atoms with Crippen LogP contribution in [0.4, 0.5) is 5.69 Å². The number of benzene rings is 2. The normalized spacial score (nSPS) is 13.6. The molecule has 4 aromatic rings. The highest BCUT2D eigenvalue weighted by molar-refractivity contribution is 6.08. The van der Waals surface area contributed by atoms with E-state index >= 15 is 0 Å². The van der Waals surface area contributed by atoms with Gasteiger partial charge in [0.25, 0.3) is 17.0 Å². The van der Waals surface area contributed by atoms with E-state index in [-0.39, 0.29) is 29.6 Å². The highest BCUT2D eigenvalue weighted by atomic mass is 16.2. The number of fused-ring (bicyclic) bond motifs is 1. The Bertz CT molecular complexity index is 1710. The van der Waals surface area contributed by atoms with Gasteiger partial charge in [0.1, 0.15) is 0 Å². The third-order valence-electron chi connectivity index (χ3n) is 8.59. The van der Waals surface area contributed by atoms with Crippen LogP contribution in [0.3, 0.4) is 0 Å². The van der Waals surface area contributed by atoms with Crippen molar-refractivity contribution in [2.24, 2.45) is 0 Å². The van der Waals surface area contributed by atoms with Crippen LogP contribution in [0.25, 0.3) is 22.0 Å². The van der Waals surface area contributed by atoms with Crippen molar-refractivity contribution < 1.29 is 4.79 Å². The molecule has 0 unspecified atom stereocenters. The summed E-state index contributed by atoms with van der Waals surface area (Å²) < 4.78 is 1.84. The number of hydrogen-bond acceptors (Lipinski definition) is 5. The number of rotatable bonds is 10. The molecule has 3 N–H and O–H groups in total. The summed E-state index contributed by atoms with van der Waals surface area (Å²) >= 11 is 0. The Hall–Kier alpha value is -4.17. The predicted octanol–water partition coefficient (Wildman–Crippen LogP) is 5.32. The molecule has 0 aliphatic carbocycles. The number of nitrogens with one attached hydrogen (secondary N) is 3. The second kappa shape index (κ2) is 13.4. The lowest BCUT2D eigenvalue weighted by atomic mass is 9.97. The quantitative estimate of drug-likeness (QED) is 0.236. The number of nitrogens with zero attached hydrogens (tertiary/aromatic N) is 2. The smallest absolute Gasteiger partial charge is 0.253 e. The number of hydrogen-bond donors (Lipinski definition) is 3. The number of H-pyrrole nitrogens is 1. The van der Waals surface area contributed by atoms with E-state index in [1.165, 1.54) is 5.69 Å². The Morgan fingerprint density at radius 3 is 2.33 bits per heavy atom. The maximum atomic E-state index is 13.9. The summed E-state index contributed by atoms with van der Waals surface area (Å²) in [4.78, 5) is 45.2. The van der Waals surface area contributed by atoms with Crippen molar-refractivity contribution >= 4 is 22.5 Å². The molecule has 0 atom stereocenters. The summed E-state index contributed by atoms with van der Waals surface area (Å²) in [6.45, 7) is 12.1. The predicted molar refractivity (Wildman–Crippen MR) is 175 cm³/mol. The first-order valence-electron chi connectivity index (χ1n) is 15.6. The van der Waals surface area contributed by atoms with Gasteiger partial charge in [-0.15, -0.1) is 0 Å². The molecule has 1 saturated heterocycles. The van der Waals surface area contributed by atoms with E-state index in [0.29, 0.717) is 11.1 Å². The first-order valence-corrected chi connectivity index (χ1v) is 15.6. The van der Waals surface area contributed by atoms with Crippen LogP contribution in [0.1, 0.15) is 73.3 Å². The zero-order valence-corrected chi connectivity index (χ0v) is 25.8. The lowest BCUT2D eigenvalue weighted by Gasteiger charge is -2.29. The van der Waals surface area contributed by atoms with Crippen LogP contribution in [0.2, 0.25) is 0 Å². The molecule has 0 bridgehead atoms. The highest BCUT2D eigenvalue weighted by Gasteiger charge is 2.20. The van der Waals surface area contributed by atoms with E-state index < -0.39 is 0 Å². The maximum Gasteiger partial charge on any atom is 0.253 e. The third-order valence-corrected chi connectivity index (χ3v) is 8.59. The fraction of sp³-hybridized carbons (Fsp3) is 0.400. The minimum atomic E-state index is -0.276. The van der Waals surface area contributed by atoms with Crippen molar-refractivity contribution in [2.45, 2.75) is 66.0 Å². The molecule has 0 spiro atoms. The van der Waals surface area contributed by atoms with Crippen molar-refractivity contribution in [1.29, 1.82) is 0 Å². The largest absolute Gasteiger partial charge is 0.369 e. The summed E-state index contributed by atoms with van der Waals surface area (Å²) in [5, 5.41) is 7.14. The molecule has 1 amide bonds. The number of anilines is 1. The summed E-state index contributed by atoms with van der Waals surface area (Å²) in [5.74, 6) is -0.276. The molecule has 8 nitrogen and oxygen atoms in total. The second-order valence-corrected chi connectivity index (χ2v) is 11.5. The molecule has 1 aliphatic heterocycles. The van der Waals surface area contributed by atoms with Crippen molar-refractivity contribution in [1.82, 2.24) is 20.2 Å². The maximum absolute atomic E-state index is 13.9. The standard InChI is InChI=1S/C35H43N5O3/c1-5-8-25-19-23(4)38-35(43)31(25)22-37-34(42)30-20-26(24-9-11-28(12-10-24)39-17-15-36-16-18-39)21-32-29(30)13-14-33(41)40(32)27(6-2)7-3/h9-14,19-21,27,36H,5-8,15-18,22H2,1-4H3,(H,37,42)(H,38,43). The number of amides is 1. The fourth-order valence-corrected chi connectivity index (χ4v) is 6.27. The van der Waals surface area contributed by atoms with Crippen LogP contribution in [0.5, 0.6) is 0 Å². The van der Waals surface area contributed by atoms with E-state index in [1.807, 2.05) is 29.7 Å². The first kappa shape index (κ1) is 30.3. The summed E-state index contributed by atoms with van der Waals surface area (Å²) in [6.07, 6.45) is 3.27. The molecule has 2 aromatic heterocycles. The van der Waals surface area contributed by atoms with Crippen LogP contribution in [-0.2, 0) is 13.0 Å². The van der Waals surface area contributed by atoms with E-state index in [4.69, 9.17) is 0 Å². The van der Waals surface area contributed by atoms with Gasteiger partial charge in [-0.25, -0.2) is 0 Å². The zero-order chi connectivity index (χ0) is 30.5. The van der Waals surface area contributed by atoms with Crippen molar-refractivity contribution in [3.63, 3.8) is 0 Å². The average Bonchev–Trinajstić information content (AvgIpc) is 3.02. The molecule has 2 aromatic carbocycles. The van der Waals surface area contributed by atoms with Gasteiger partial charge in [-0.2, -0.15) is 0 Å². The highest BCUT2D eigenvalue weighted by Crippen LogP contribution is 2.31. The van der Waals surface area contributed by atoms with Gasteiger partial charge in [0, 0.05) is 72.7 Å². The van der Waals surface area contributed by atoms with Crippen molar-refractivity contribution in [2.75, 3.05) is 31.1 Å². The molecular weight excluding hydrogens is 538 g/mol. The van der Waals surface area contributed by atoms with Gasteiger partial charge in [0.2, 0.25) is 0 Å². The van der Waals surface area contributed by atoms with Gasteiger partial charge < -0.3 is 25.1 Å². The monoisotopic (exact) mass is 581 g/mol. The molecule has 1 aliphatic rings. The molecular formula is C35H43N5O3. The summed E-state index contributed by atoms with van der Waals surface area (Å²) in [5.41, 5.74) is 6.34. The molecule has 3 heterocycles. The van der Waals surface area contributed by atoms with E-state index in [2.05, 4.69) is 65.6 Å². The van der Waals surface area contributed by atoms with Crippen molar-refractivity contribution in [3.05, 3.63) is 97.7 Å². The molecule has 8 heteroatoms. The molecule has 226 valence electrons. The summed E-state index contributed by atoms with van der Waals surface area (Å²) in [6, 6.07) is 17.7. The van der Waals surface area contributed by atoms with Crippen LogP contribution in [0, 0.1) is 6.92 Å². The minimum Gasteiger partial charge on any atom is -0.369 e. The zero-order valence-electron chi connectivity index (χ0n) is 25.8. The minimum absolute atomic E-state index is 0.0140. The summed E-state index contributed by atoms with van der Waals surface area (Å²) in [7, 11) is 0. The lowest BCUT2D eigenvalue weighted by Crippen LogP contribution is -2.43. The number of aromatic amines is 1. The van der Waals surface area contributed by atoms with Crippen molar-refractivity contribution in [3.8, 4) is 11.1 Å². The molecule has 1 fully saturated rings. The van der Waals surface area contributed by atoms with Crippen LogP contribution >= 0.6 is 0 Å². The molecule has 43 heavy (non-hydrogen) atoms. The number of piperazine rings is 1. The van der Waals surface area contributed by atoms with Crippen LogP contribution in [0.15, 0.2) is 64.2 Å². The van der Waals surface area contributed by atoms with Crippen LogP contribution < -0.4 is 26.7 Å². The Morgan fingerprint density at radius 2 is 1.65 bits per heavy atom. The van der Waals surface area contributed by atoms with Gasteiger partial charge in [0.15, 0.2) is 0 Å². The fourth-order valence-electron chi connectivity index (χ4n) is 6.27. The van der Waals surface area contributed by atoms with E-state index in [1.54, 1.807) is 12.1 Å². The Balaban J connectivity index is 1.58. The average molecular weight is 582 g/mol. The number of aryl methyl sites for hydroxylation is 2. The second-order valence-electron chi connectivity index (χ2n) is 11.5. The van der Waals surface area contributed by atoms with E-state index in [0.717, 1.165) is 85.1 Å². The Kier molecular flexibility index (Phi) is 9.46. The number of pyridine rings is 2. The number of aromatic nitrogens is 2. The Morgan fingerprint density at radius 1 is 0.930 bits per heavy atom. The van der Waals surface area contributed by atoms with Gasteiger partial charge >= 0.3 is 0 Å². The number of carbonyl (C=O) groups is 1. The van der Waals surface area contributed by atoms with Gasteiger partial charge in [-0.1, -0.05) is 39.3 Å². The first-order chi connectivity index (χ1) is 20.8. The SMILES string of the molecule is CCCc1cc(C)[nH]c(=O)c1CNC(=O)c1cc(-c2ccc(N3CCNCC3)cc2)cc2c1ccc(=O)n2C(CC)CC. The topological polar surface area (TPSA) is 99.2 Å². The van der Waals surface area contributed by atoms with Gasteiger partial charge in [-0.3, -0.25) is 14.4 Å². The lowest BCUT2D eigenvalue weighted by molar-refractivity contribution is 0.0952. The molecule has 0 saturated carbocycles. The molecule has 5 rings (SSSR count). The third kappa shape index (κ3) is 6.44. The van der Waals surface area contributed by atoms with Gasteiger partial charge in [0.05, 0.1) is 5.52 Å².